The molecular formula is C14H23NO4. The van der Waals surface area contributed by atoms with E-state index in [1.807, 2.05) is 13.8 Å². The van der Waals surface area contributed by atoms with Crippen LogP contribution in [-0.2, 0) is 0 Å². The Balaban J connectivity index is 3.28. The molecule has 0 radical (unpaired) electrons. The topological polar surface area (TPSA) is 60.0 Å². The lowest BCUT2D eigenvalue weighted by molar-refractivity contribution is 0.162. The van der Waals surface area contributed by atoms with E-state index in [0.29, 0.717) is 29.4 Å². The first-order valence-electron chi connectivity index (χ1n) is 6.29. The van der Waals surface area contributed by atoms with Crippen molar-refractivity contribution in [2.24, 2.45) is 0 Å². The Kier molecular flexibility index (Phi) is 5.92. The van der Waals surface area contributed by atoms with E-state index in [0.717, 1.165) is 0 Å². The predicted octanol–water partition coefficient (Wildman–Crippen LogP) is 1.74. The van der Waals surface area contributed by atoms with Gasteiger partial charge in [-0.25, -0.2) is 0 Å². The van der Waals surface area contributed by atoms with Crippen molar-refractivity contribution in [1.82, 2.24) is 5.32 Å². The molecule has 0 aliphatic rings. The van der Waals surface area contributed by atoms with Gasteiger partial charge < -0.3 is 24.6 Å². The van der Waals surface area contributed by atoms with E-state index in [4.69, 9.17) is 14.2 Å². The molecule has 0 amide bonds. The molecule has 0 spiro atoms. The lowest BCUT2D eigenvalue weighted by Crippen LogP contribution is -2.19. The first-order valence-corrected chi connectivity index (χ1v) is 6.29. The zero-order chi connectivity index (χ0) is 14.4. The molecule has 1 unspecified atom stereocenters. The lowest BCUT2D eigenvalue weighted by atomic mass is 10.1. The number of benzene rings is 1. The van der Waals surface area contributed by atoms with Crippen LogP contribution in [0.15, 0.2) is 12.1 Å². The van der Waals surface area contributed by atoms with Crippen LogP contribution in [0.1, 0.15) is 25.5 Å². The van der Waals surface area contributed by atoms with E-state index in [2.05, 4.69) is 5.32 Å². The predicted molar refractivity (Wildman–Crippen MR) is 74.2 cm³/mol. The molecule has 1 rings (SSSR count). The van der Waals surface area contributed by atoms with Gasteiger partial charge in [0, 0.05) is 12.1 Å². The normalized spacial score (nSPS) is 12.4. The Labute approximate surface area is 114 Å². The summed E-state index contributed by atoms with van der Waals surface area (Å²) >= 11 is 0. The third-order valence-electron chi connectivity index (χ3n) is 2.64. The van der Waals surface area contributed by atoms with Crippen molar-refractivity contribution in [2.75, 3.05) is 27.8 Å². The van der Waals surface area contributed by atoms with Crippen molar-refractivity contribution in [1.29, 1.82) is 0 Å². The molecule has 0 fully saturated rings. The summed E-state index contributed by atoms with van der Waals surface area (Å²) in [6, 6.07) is 3.56. The number of aliphatic hydroxyl groups is 1. The molecular weight excluding hydrogens is 246 g/mol. The van der Waals surface area contributed by atoms with Crippen LogP contribution in [0.25, 0.3) is 0 Å². The number of hydrogen-bond acceptors (Lipinski definition) is 5. The van der Waals surface area contributed by atoms with Crippen molar-refractivity contribution in [2.45, 2.75) is 26.1 Å². The molecule has 1 atom stereocenters. The minimum Gasteiger partial charge on any atom is -0.493 e. The van der Waals surface area contributed by atoms with Crippen LogP contribution in [0.5, 0.6) is 17.2 Å². The second-order valence-electron chi connectivity index (χ2n) is 4.46. The van der Waals surface area contributed by atoms with Crippen LogP contribution < -0.4 is 19.5 Å². The van der Waals surface area contributed by atoms with E-state index < -0.39 is 6.10 Å². The quantitative estimate of drug-likeness (QED) is 0.789. The zero-order valence-corrected chi connectivity index (χ0v) is 12.2. The Hall–Kier alpha value is -1.46. The van der Waals surface area contributed by atoms with Crippen LogP contribution in [-0.4, -0.2) is 39.0 Å². The third-order valence-corrected chi connectivity index (χ3v) is 2.64. The molecule has 2 N–H and O–H groups in total. The van der Waals surface area contributed by atoms with E-state index in [1.54, 1.807) is 33.4 Å². The molecule has 5 heteroatoms. The van der Waals surface area contributed by atoms with Crippen molar-refractivity contribution in [3.63, 3.8) is 0 Å². The van der Waals surface area contributed by atoms with Crippen LogP contribution in [0.4, 0.5) is 0 Å². The van der Waals surface area contributed by atoms with Crippen molar-refractivity contribution >= 4 is 0 Å². The van der Waals surface area contributed by atoms with Crippen LogP contribution in [0.3, 0.4) is 0 Å². The number of methoxy groups -OCH3 is 2. The Morgan fingerprint density at radius 2 is 1.84 bits per heavy atom. The van der Waals surface area contributed by atoms with Crippen molar-refractivity contribution < 1.29 is 19.3 Å². The minimum atomic E-state index is -0.668. The average Bonchev–Trinajstić information content (AvgIpc) is 2.37. The van der Waals surface area contributed by atoms with E-state index in [-0.39, 0.29) is 6.10 Å². The fraction of sp³-hybridized carbons (Fsp3) is 0.571. The fourth-order valence-corrected chi connectivity index (χ4v) is 1.84. The molecule has 1 aromatic rings. The highest BCUT2D eigenvalue weighted by Crippen LogP contribution is 2.42. The van der Waals surface area contributed by atoms with Crippen LogP contribution >= 0.6 is 0 Å². The zero-order valence-electron chi connectivity index (χ0n) is 12.2. The highest BCUT2D eigenvalue weighted by atomic mass is 16.5. The van der Waals surface area contributed by atoms with Gasteiger partial charge in [0.1, 0.15) is 0 Å². The number of aliphatic hydroxyl groups excluding tert-OH is 1. The summed E-state index contributed by atoms with van der Waals surface area (Å²) < 4.78 is 16.4. The minimum absolute atomic E-state index is 0.0264. The third kappa shape index (κ3) is 3.75. The van der Waals surface area contributed by atoms with Gasteiger partial charge >= 0.3 is 0 Å². The molecule has 0 saturated carbocycles. The second kappa shape index (κ2) is 7.21. The van der Waals surface area contributed by atoms with Crippen molar-refractivity contribution in [3.05, 3.63) is 17.7 Å². The number of likely N-dealkylation sites (N-methyl/N-ethyl adjacent to an activating group) is 1. The van der Waals surface area contributed by atoms with E-state index in [1.165, 1.54) is 0 Å². The van der Waals surface area contributed by atoms with E-state index >= 15 is 0 Å². The highest BCUT2D eigenvalue weighted by molar-refractivity contribution is 5.56. The molecule has 5 nitrogen and oxygen atoms in total. The molecule has 0 aromatic heterocycles. The van der Waals surface area contributed by atoms with Gasteiger partial charge in [-0.3, -0.25) is 0 Å². The summed E-state index contributed by atoms with van der Waals surface area (Å²) in [6.45, 7) is 4.28. The smallest absolute Gasteiger partial charge is 0.203 e. The fourth-order valence-electron chi connectivity index (χ4n) is 1.84. The Morgan fingerprint density at radius 3 is 2.32 bits per heavy atom. The number of rotatable bonds is 7. The summed E-state index contributed by atoms with van der Waals surface area (Å²) in [5.41, 5.74) is 0.681. The van der Waals surface area contributed by atoms with Gasteiger partial charge in [0.25, 0.3) is 0 Å². The van der Waals surface area contributed by atoms with Gasteiger partial charge in [0.15, 0.2) is 11.5 Å². The maximum atomic E-state index is 10.2. The summed E-state index contributed by atoms with van der Waals surface area (Å²) in [4.78, 5) is 0. The summed E-state index contributed by atoms with van der Waals surface area (Å²) in [5.74, 6) is 1.61. The van der Waals surface area contributed by atoms with Gasteiger partial charge in [0.05, 0.1) is 26.4 Å². The largest absolute Gasteiger partial charge is 0.493 e. The van der Waals surface area contributed by atoms with Gasteiger partial charge in [-0.05, 0) is 33.0 Å². The van der Waals surface area contributed by atoms with Crippen LogP contribution in [0.2, 0.25) is 0 Å². The molecule has 0 heterocycles. The maximum absolute atomic E-state index is 10.2. The SMILES string of the molecule is CNCC(O)c1ccc(OC)c(OC)c1OC(C)C. The molecule has 1 aromatic carbocycles. The molecule has 0 aliphatic heterocycles. The highest BCUT2D eigenvalue weighted by Gasteiger charge is 2.21. The summed E-state index contributed by atoms with van der Waals surface area (Å²) in [5, 5.41) is 13.1. The molecule has 19 heavy (non-hydrogen) atoms. The Bertz CT molecular complexity index is 407. The van der Waals surface area contributed by atoms with Gasteiger partial charge in [0.2, 0.25) is 5.75 Å². The lowest BCUT2D eigenvalue weighted by Gasteiger charge is -2.21. The van der Waals surface area contributed by atoms with Gasteiger partial charge in [-0.15, -0.1) is 0 Å². The number of hydrogen-bond donors (Lipinski definition) is 2. The van der Waals surface area contributed by atoms with Crippen molar-refractivity contribution in [3.8, 4) is 17.2 Å². The first-order chi connectivity index (χ1) is 9.04. The first kappa shape index (κ1) is 15.6. The molecule has 0 aliphatic carbocycles. The van der Waals surface area contributed by atoms with E-state index in [9.17, 15) is 5.11 Å². The number of nitrogens with one attached hydrogen (secondary N) is 1. The summed E-state index contributed by atoms with van der Waals surface area (Å²) in [6.07, 6.45) is -0.694. The molecule has 0 saturated heterocycles. The van der Waals surface area contributed by atoms with Crippen LogP contribution in [0, 0.1) is 0 Å². The van der Waals surface area contributed by atoms with Gasteiger partial charge in [-0.2, -0.15) is 0 Å². The second-order valence-corrected chi connectivity index (χ2v) is 4.46. The average molecular weight is 269 g/mol. The number of ether oxygens (including phenoxy) is 3. The van der Waals surface area contributed by atoms with Gasteiger partial charge in [-0.1, -0.05) is 0 Å². The Morgan fingerprint density at radius 1 is 1.16 bits per heavy atom. The standard InChI is InChI=1S/C14H23NO4/c1-9(2)19-13-10(11(16)8-15-3)6-7-12(17-4)14(13)18-5/h6-7,9,11,15-16H,8H2,1-5H3. The monoisotopic (exact) mass is 269 g/mol. The molecule has 0 bridgehead atoms. The summed E-state index contributed by atoms with van der Waals surface area (Å²) in [7, 11) is 4.91. The molecule has 108 valence electrons. The maximum Gasteiger partial charge on any atom is 0.203 e.